The monoisotopic (exact) mass is 779 g/mol. The van der Waals surface area contributed by atoms with Crippen molar-refractivity contribution >= 4 is 23.8 Å². The number of carbonyl (C=O) groups excluding carboxylic acids is 3. The number of carboxylic acids is 1. The molecule has 0 aromatic heterocycles. The summed E-state index contributed by atoms with van der Waals surface area (Å²) in [6, 6.07) is -1.39. The van der Waals surface area contributed by atoms with Crippen LogP contribution in [0.2, 0.25) is 0 Å². The van der Waals surface area contributed by atoms with Crippen molar-refractivity contribution in [2.45, 2.75) is 161 Å². The van der Waals surface area contributed by atoms with Gasteiger partial charge in [-0.1, -0.05) is 144 Å². The van der Waals surface area contributed by atoms with Crippen molar-refractivity contribution in [3.05, 3.63) is 97.2 Å². The Kier molecular flexibility index (Phi) is 37.4. The van der Waals surface area contributed by atoms with Gasteiger partial charge in [-0.25, -0.2) is 4.79 Å². The Hall–Kier alpha value is -4.24. The summed E-state index contributed by atoms with van der Waals surface area (Å²) in [6.07, 6.45) is 53.2. The Labute approximate surface area is 338 Å². The highest BCUT2D eigenvalue weighted by atomic mass is 16.5. The van der Waals surface area contributed by atoms with E-state index in [4.69, 9.17) is 14.9 Å². The van der Waals surface area contributed by atoms with Crippen molar-refractivity contribution in [3.8, 4) is 0 Å². The van der Waals surface area contributed by atoms with Crippen molar-refractivity contribution in [1.29, 1.82) is 0 Å². The maximum atomic E-state index is 12.7. The van der Waals surface area contributed by atoms with Gasteiger partial charge in [0.2, 0.25) is 11.8 Å². The van der Waals surface area contributed by atoms with E-state index in [-0.39, 0.29) is 30.9 Å². The molecule has 0 rings (SSSR count). The molecule has 0 saturated heterocycles. The van der Waals surface area contributed by atoms with Gasteiger partial charge in [0.05, 0.1) is 13.2 Å². The van der Waals surface area contributed by atoms with Crippen molar-refractivity contribution in [2.24, 2.45) is 0 Å². The molecule has 0 radical (unpaired) electrons. The lowest BCUT2D eigenvalue weighted by atomic mass is 10.1. The van der Waals surface area contributed by atoms with E-state index in [0.29, 0.717) is 19.3 Å². The SMILES string of the molecule is CC/C=C\C/C=C\C/C=C\C/C=C\C/C=C\C/C=C\CCC(=O)OC(/C=C\C/C=C\CCCCC)CCCCCCCCC(=O)NCC(=O)NC(CO)C(=O)O. The average Bonchev–Trinajstić information content (AvgIpc) is 3.18. The van der Waals surface area contributed by atoms with Gasteiger partial charge in [-0.05, 0) is 89.5 Å². The van der Waals surface area contributed by atoms with Gasteiger partial charge in [0.25, 0.3) is 0 Å². The predicted molar refractivity (Wildman–Crippen MR) is 231 cm³/mol. The van der Waals surface area contributed by atoms with Gasteiger partial charge in [-0.15, -0.1) is 0 Å². The first kappa shape index (κ1) is 51.8. The molecule has 0 spiro atoms. The molecule has 9 heteroatoms. The van der Waals surface area contributed by atoms with E-state index >= 15 is 0 Å². The summed E-state index contributed by atoms with van der Waals surface area (Å²) in [7, 11) is 0. The third-order valence-corrected chi connectivity index (χ3v) is 8.56. The second kappa shape index (κ2) is 40.4. The van der Waals surface area contributed by atoms with Crippen molar-refractivity contribution in [3.63, 3.8) is 0 Å². The number of esters is 1. The minimum absolute atomic E-state index is 0.180. The molecule has 0 fully saturated rings. The molecule has 2 unspecified atom stereocenters. The summed E-state index contributed by atoms with van der Waals surface area (Å²) in [4.78, 5) is 47.3. The van der Waals surface area contributed by atoms with Crippen LogP contribution >= 0.6 is 0 Å². The van der Waals surface area contributed by atoms with Gasteiger partial charge < -0.3 is 25.6 Å². The van der Waals surface area contributed by atoms with Gasteiger partial charge in [0, 0.05) is 12.8 Å². The highest BCUT2D eigenvalue weighted by Gasteiger charge is 2.18. The zero-order valence-corrected chi connectivity index (χ0v) is 34.6. The maximum absolute atomic E-state index is 12.7. The van der Waals surface area contributed by atoms with Crippen LogP contribution in [0.3, 0.4) is 0 Å². The number of hydrogen-bond acceptors (Lipinski definition) is 6. The minimum atomic E-state index is -1.39. The van der Waals surface area contributed by atoms with E-state index < -0.39 is 24.5 Å². The van der Waals surface area contributed by atoms with Gasteiger partial charge in [-0.3, -0.25) is 14.4 Å². The van der Waals surface area contributed by atoms with Gasteiger partial charge in [-0.2, -0.15) is 0 Å². The third kappa shape index (κ3) is 36.7. The number of aliphatic hydroxyl groups excluding tert-OH is 1. The molecule has 4 N–H and O–H groups in total. The predicted octanol–water partition coefficient (Wildman–Crippen LogP) is 10.3. The normalized spacial score (nSPS) is 13.5. The molecule has 0 aromatic rings. The Bertz CT molecular complexity index is 1260. The first-order chi connectivity index (χ1) is 27.3. The number of aliphatic carboxylic acids is 1. The molecular formula is C47H74N2O7. The fourth-order valence-corrected chi connectivity index (χ4v) is 5.33. The number of carbonyl (C=O) groups is 4. The fraction of sp³-hybridized carbons (Fsp3) is 0.574. The number of nitrogens with one attached hydrogen (secondary N) is 2. The summed E-state index contributed by atoms with van der Waals surface area (Å²) in [5.41, 5.74) is 0. The lowest BCUT2D eigenvalue weighted by molar-refractivity contribution is -0.147. The highest BCUT2D eigenvalue weighted by Crippen LogP contribution is 2.14. The molecule has 0 aliphatic carbocycles. The van der Waals surface area contributed by atoms with Gasteiger partial charge in [0.15, 0.2) is 0 Å². The van der Waals surface area contributed by atoms with Crippen LogP contribution in [0.15, 0.2) is 97.2 Å². The molecule has 0 heterocycles. The molecule has 0 aliphatic heterocycles. The standard InChI is InChI=1S/C47H74N2O7/c1-3-5-7-9-11-13-14-15-16-17-18-19-20-21-22-23-25-31-35-39-46(53)56-42(36-32-28-24-12-10-8-6-4-2)37-33-29-26-27-30-34-38-44(51)48-40-45(52)49-43(41-50)47(54)55/h5,7,11-13,15-16,18-19,21-22,24-25,31-32,36,42-43,50H,3-4,6,8-10,14,17,20,23,26-30,33-35,37-41H2,1-2H3,(H,48,51)(H,49,52)(H,54,55)/b7-5-,13-11-,16-15-,19-18-,22-21-,24-12-,31-25-,36-32-. The van der Waals surface area contributed by atoms with E-state index in [2.05, 4.69) is 110 Å². The van der Waals surface area contributed by atoms with Crippen LogP contribution in [-0.2, 0) is 23.9 Å². The van der Waals surface area contributed by atoms with Gasteiger partial charge >= 0.3 is 11.9 Å². The highest BCUT2D eigenvalue weighted by molar-refractivity contribution is 5.87. The van der Waals surface area contributed by atoms with E-state index in [1.165, 1.54) is 19.3 Å². The summed E-state index contributed by atoms with van der Waals surface area (Å²) in [6.45, 7) is 3.30. The number of allylic oxidation sites excluding steroid dienone is 15. The quantitative estimate of drug-likeness (QED) is 0.0282. The summed E-state index contributed by atoms with van der Waals surface area (Å²) < 4.78 is 5.87. The summed E-state index contributed by atoms with van der Waals surface area (Å²) >= 11 is 0. The summed E-state index contributed by atoms with van der Waals surface area (Å²) in [5, 5.41) is 22.5. The summed E-state index contributed by atoms with van der Waals surface area (Å²) in [5.74, 6) is -2.46. The fourth-order valence-electron chi connectivity index (χ4n) is 5.33. The van der Waals surface area contributed by atoms with Crippen molar-refractivity contribution in [1.82, 2.24) is 10.6 Å². The molecule has 2 atom stereocenters. The van der Waals surface area contributed by atoms with Crippen LogP contribution in [0, 0.1) is 0 Å². The molecule has 2 amide bonds. The van der Waals surface area contributed by atoms with Crippen LogP contribution in [0.25, 0.3) is 0 Å². The largest absolute Gasteiger partial charge is 0.480 e. The number of aliphatic hydroxyl groups is 1. The molecular weight excluding hydrogens is 705 g/mol. The molecule has 0 saturated carbocycles. The van der Waals surface area contributed by atoms with Crippen LogP contribution < -0.4 is 10.6 Å². The Morgan fingerprint density at radius 3 is 1.64 bits per heavy atom. The number of ether oxygens (including phenoxy) is 1. The van der Waals surface area contributed by atoms with Crippen LogP contribution in [0.4, 0.5) is 0 Å². The zero-order valence-electron chi connectivity index (χ0n) is 34.6. The second-order valence-electron chi connectivity index (χ2n) is 13.7. The van der Waals surface area contributed by atoms with Crippen LogP contribution in [0.1, 0.15) is 149 Å². The Morgan fingerprint density at radius 1 is 0.571 bits per heavy atom. The number of hydrogen-bond donors (Lipinski definition) is 4. The average molecular weight is 779 g/mol. The van der Waals surface area contributed by atoms with E-state index in [0.717, 1.165) is 89.9 Å². The Morgan fingerprint density at radius 2 is 1.09 bits per heavy atom. The molecule has 314 valence electrons. The number of carboxylic acid groups (broad SMARTS) is 1. The first-order valence-electron chi connectivity index (χ1n) is 21.1. The maximum Gasteiger partial charge on any atom is 0.328 e. The number of rotatable bonds is 36. The van der Waals surface area contributed by atoms with Gasteiger partial charge in [0.1, 0.15) is 12.1 Å². The Balaban J connectivity index is 4.40. The van der Waals surface area contributed by atoms with E-state index in [1.807, 2.05) is 12.2 Å². The molecule has 0 bridgehead atoms. The topological polar surface area (TPSA) is 142 Å². The lowest BCUT2D eigenvalue weighted by Crippen LogP contribution is -2.47. The minimum Gasteiger partial charge on any atom is -0.480 e. The van der Waals surface area contributed by atoms with Crippen molar-refractivity contribution < 1.29 is 34.1 Å². The second-order valence-corrected chi connectivity index (χ2v) is 13.7. The number of unbranched alkanes of at least 4 members (excludes halogenated alkanes) is 8. The van der Waals surface area contributed by atoms with Crippen LogP contribution in [-0.4, -0.2) is 59.3 Å². The third-order valence-electron chi connectivity index (χ3n) is 8.56. The zero-order chi connectivity index (χ0) is 41.2. The molecule has 56 heavy (non-hydrogen) atoms. The van der Waals surface area contributed by atoms with Crippen LogP contribution in [0.5, 0.6) is 0 Å². The van der Waals surface area contributed by atoms with Crippen molar-refractivity contribution in [2.75, 3.05) is 13.2 Å². The number of amides is 2. The van der Waals surface area contributed by atoms with E-state index in [9.17, 15) is 19.2 Å². The molecule has 0 aromatic carbocycles. The molecule has 9 nitrogen and oxygen atoms in total. The lowest BCUT2D eigenvalue weighted by Gasteiger charge is -2.14. The molecule has 0 aliphatic rings. The van der Waals surface area contributed by atoms with E-state index in [1.54, 1.807) is 0 Å². The first-order valence-corrected chi connectivity index (χ1v) is 21.1. The smallest absolute Gasteiger partial charge is 0.328 e.